The lowest BCUT2D eigenvalue weighted by Crippen LogP contribution is -2.49. The van der Waals surface area contributed by atoms with Gasteiger partial charge < -0.3 is 15.4 Å². The first-order valence-electron chi connectivity index (χ1n) is 7.63. The Kier molecular flexibility index (Phi) is 6.56. The summed E-state index contributed by atoms with van der Waals surface area (Å²) in [4.78, 5) is 25.9. The number of nitrogens with zero attached hydrogens (tertiary/aromatic N) is 1. The average molecular weight is 384 g/mol. The minimum Gasteiger partial charge on any atom is -0.373 e. The highest BCUT2D eigenvalue weighted by Crippen LogP contribution is 2.20. The van der Waals surface area contributed by atoms with E-state index in [1.54, 1.807) is 6.07 Å². The van der Waals surface area contributed by atoms with Crippen LogP contribution in [-0.2, 0) is 14.3 Å². The van der Waals surface area contributed by atoms with Crippen LogP contribution in [0.4, 0.5) is 5.69 Å². The van der Waals surface area contributed by atoms with Crippen molar-refractivity contribution in [1.82, 2.24) is 10.2 Å². The van der Waals surface area contributed by atoms with Gasteiger partial charge in [-0.2, -0.15) is 0 Å². The van der Waals surface area contributed by atoms with Crippen LogP contribution in [0.15, 0.2) is 28.7 Å². The third kappa shape index (κ3) is 5.93. The zero-order valence-electron chi connectivity index (χ0n) is 13.3. The van der Waals surface area contributed by atoms with E-state index in [0.29, 0.717) is 5.69 Å². The molecule has 1 aliphatic heterocycles. The van der Waals surface area contributed by atoms with Crippen molar-refractivity contribution in [2.75, 3.05) is 31.5 Å². The van der Waals surface area contributed by atoms with E-state index in [-0.39, 0.29) is 37.1 Å². The largest absolute Gasteiger partial charge is 0.373 e. The molecular weight excluding hydrogens is 362 g/mol. The molecular formula is C16H22BrN3O3. The lowest BCUT2D eigenvalue weighted by molar-refractivity contribution is -0.128. The van der Waals surface area contributed by atoms with Gasteiger partial charge in [-0.3, -0.25) is 14.5 Å². The Labute approximate surface area is 144 Å². The molecule has 2 rings (SSSR count). The molecule has 1 heterocycles. The summed E-state index contributed by atoms with van der Waals surface area (Å²) < 4.78 is 6.43. The summed E-state index contributed by atoms with van der Waals surface area (Å²) in [6.07, 6.45) is 0.232. The molecule has 1 aliphatic rings. The molecule has 0 aromatic heterocycles. The van der Waals surface area contributed by atoms with Crippen molar-refractivity contribution in [3.05, 3.63) is 28.7 Å². The number of ether oxygens (including phenoxy) is 1. The topological polar surface area (TPSA) is 70.7 Å². The van der Waals surface area contributed by atoms with Gasteiger partial charge in [0.15, 0.2) is 0 Å². The monoisotopic (exact) mass is 383 g/mol. The molecule has 6 nitrogen and oxygen atoms in total. The fourth-order valence-electron chi connectivity index (χ4n) is 2.61. The van der Waals surface area contributed by atoms with Crippen molar-refractivity contribution in [3.63, 3.8) is 0 Å². The van der Waals surface area contributed by atoms with Crippen LogP contribution in [-0.4, -0.2) is 55.1 Å². The SMILES string of the molecule is C[C@@H]1CN(CC(=O)NCC(=O)Nc2ccccc2Br)C[C@@H](C)O1. The molecule has 126 valence electrons. The van der Waals surface area contributed by atoms with Gasteiger partial charge in [0.1, 0.15) is 0 Å². The van der Waals surface area contributed by atoms with E-state index in [9.17, 15) is 9.59 Å². The highest BCUT2D eigenvalue weighted by Gasteiger charge is 2.23. The number of halogens is 1. The summed E-state index contributed by atoms with van der Waals surface area (Å²) in [5, 5.41) is 5.40. The maximum atomic E-state index is 12.0. The fourth-order valence-corrected chi connectivity index (χ4v) is 2.99. The Morgan fingerprint density at radius 2 is 1.87 bits per heavy atom. The molecule has 0 radical (unpaired) electrons. The van der Waals surface area contributed by atoms with Gasteiger partial charge in [0.05, 0.1) is 31.0 Å². The van der Waals surface area contributed by atoms with Crippen LogP contribution < -0.4 is 10.6 Å². The molecule has 2 amide bonds. The first kappa shape index (κ1) is 17.9. The van der Waals surface area contributed by atoms with Gasteiger partial charge in [0.2, 0.25) is 11.8 Å². The van der Waals surface area contributed by atoms with E-state index in [1.807, 2.05) is 36.9 Å². The van der Waals surface area contributed by atoms with Crippen molar-refractivity contribution >= 4 is 33.4 Å². The summed E-state index contributed by atoms with van der Waals surface area (Å²) in [5.74, 6) is -0.414. The number of rotatable bonds is 5. The molecule has 2 atom stereocenters. The van der Waals surface area contributed by atoms with Crippen LogP contribution in [0, 0.1) is 0 Å². The van der Waals surface area contributed by atoms with Gasteiger partial charge in [0, 0.05) is 17.6 Å². The Bertz CT molecular complexity index is 557. The van der Waals surface area contributed by atoms with Crippen LogP contribution in [0.25, 0.3) is 0 Å². The predicted octanol–water partition coefficient (Wildman–Crippen LogP) is 1.61. The number of benzene rings is 1. The molecule has 1 saturated heterocycles. The third-order valence-corrected chi connectivity index (χ3v) is 4.15. The van der Waals surface area contributed by atoms with Crippen LogP contribution in [0.5, 0.6) is 0 Å². The van der Waals surface area contributed by atoms with Gasteiger partial charge >= 0.3 is 0 Å². The number of para-hydroxylation sites is 1. The molecule has 2 N–H and O–H groups in total. The van der Waals surface area contributed by atoms with Gasteiger partial charge in [-0.25, -0.2) is 0 Å². The lowest BCUT2D eigenvalue weighted by atomic mass is 10.2. The molecule has 0 aliphatic carbocycles. The minimum atomic E-state index is -0.256. The molecule has 1 fully saturated rings. The van der Waals surface area contributed by atoms with E-state index in [0.717, 1.165) is 17.6 Å². The van der Waals surface area contributed by atoms with Gasteiger partial charge in [0.25, 0.3) is 0 Å². The smallest absolute Gasteiger partial charge is 0.243 e. The van der Waals surface area contributed by atoms with Gasteiger partial charge in [-0.15, -0.1) is 0 Å². The number of hydrogen-bond donors (Lipinski definition) is 2. The second-order valence-electron chi connectivity index (χ2n) is 5.76. The summed E-state index contributed by atoms with van der Waals surface area (Å²) in [7, 11) is 0. The van der Waals surface area contributed by atoms with Crippen molar-refractivity contribution in [2.45, 2.75) is 26.1 Å². The van der Waals surface area contributed by atoms with E-state index < -0.39 is 0 Å². The minimum absolute atomic E-state index is 0.0460. The van der Waals surface area contributed by atoms with Crippen molar-refractivity contribution in [3.8, 4) is 0 Å². The van der Waals surface area contributed by atoms with E-state index >= 15 is 0 Å². The zero-order valence-corrected chi connectivity index (χ0v) is 14.9. The van der Waals surface area contributed by atoms with Crippen LogP contribution in [0.3, 0.4) is 0 Å². The highest BCUT2D eigenvalue weighted by molar-refractivity contribution is 9.10. The summed E-state index contributed by atoms with van der Waals surface area (Å²) in [6.45, 7) is 5.66. The Balaban J connectivity index is 1.73. The molecule has 23 heavy (non-hydrogen) atoms. The molecule has 0 unspecified atom stereocenters. The second kappa shape index (κ2) is 8.42. The number of amides is 2. The van der Waals surface area contributed by atoms with Crippen molar-refractivity contribution < 1.29 is 14.3 Å². The predicted molar refractivity (Wildman–Crippen MR) is 92.2 cm³/mol. The first-order valence-corrected chi connectivity index (χ1v) is 8.42. The number of carbonyl (C=O) groups excluding carboxylic acids is 2. The van der Waals surface area contributed by atoms with Crippen LogP contribution in [0.1, 0.15) is 13.8 Å². The molecule has 1 aromatic rings. The zero-order chi connectivity index (χ0) is 16.8. The van der Waals surface area contributed by atoms with Gasteiger partial charge in [-0.1, -0.05) is 12.1 Å². The second-order valence-corrected chi connectivity index (χ2v) is 6.61. The summed E-state index contributed by atoms with van der Waals surface area (Å²) >= 11 is 3.36. The lowest BCUT2D eigenvalue weighted by Gasteiger charge is -2.34. The van der Waals surface area contributed by atoms with E-state index in [2.05, 4.69) is 26.6 Å². The fraction of sp³-hybridized carbons (Fsp3) is 0.500. The Morgan fingerprint density at radius 1 is 1.22 bits per heavy atom. The first-order chi connectivity index (χ1) is 10.9. The van der Waals surface area contributed by atoms with Crippen molar-refractivity contribution in [1.29, 1.82) is 0 Å². The quantitative estimate of drug-likeness (QED) is 0.810. The Hall–Kier alpha value is -1.44. The van der Waals surface area contributed by atoms with Crippen LogP contribution in [0.2, 0.25) is 0 Å². The Morgan fingerprint density at radius 3 is 2.52 bits per heavy atom. The highest BCUT2D eigenvalue weighted by atomic mass is 79.9. The average Bonchev–Trinajstić information content (AvgIpc) is 2.46. The third-order valence-electron chi connectivity index (χ3n) is 3.46. The maximum Gasteiger partial charge on any atom is 0.243 e. The molecule has 1 aromatic carbocycles. The molecule has 0 spiro atoms. The summed E-state index contributed by atoms with van der Waals surface area (Å²) in [5.41, 5.74) is 0.683. The maximum absolute atomic E-state index is 12.0. The number of morpholine rings is 1. The van der Waals surface area contributed by atoms with Gasteiger partial charge in [-0.05, 0) is 41.9 Å². The normalized spacial score (nSPS) is 21.7. The molecule has 7 heteroatoms. The number of carbonyl (C=O) groups is 2. The number of hydrogen-bond acceptors (Lipinski definition) is 4. The van der Waals surface area contributed by atoms with E-state index in [4.69, 9.17) is 4.74 Å². The summed E-state index contributed by atoms with van der Waals surface area (Å²) in [6, 6.07) is 7.33. The number of nitrogens with one attached hydrogen (secondary N) is 2. The van der Waals surface area contributed by atoms with Crippen LogP contribution >= 0.6 is 15.9 Å². The standard InChI is InChI=1S/C16H22BrN3O3/c1-11-8-20(9-12(2)23-11)10-16(22)18-7-15(21)19-14-6-4-3-5-13(14)17/h3-6,11-12H,7-10H2,1-2H3,(H,18,22)(H,19,21)/t11-,12-/m1/s1. The number of anilines is 1. The van der Waals surface area contributed by atoms with Crippen molar-refractivity contribution in [2.24, 2.45) is 0 Å². The molecule has 0 saturated carbocycles. The van der Waals surface area contributed by atoms with E-state index in [1.165, 1.54) is 0 Å². The molecule has 0 bridgehead atoms.